The first-order chi connectivity index (χ1) is 22.3. The van der Waals surface area contributed by atoms with Crippen molar-refractivity contribution >= 4 is 50.5 Å². The van der Waals surface area contributed by atoms with Crippen LogP contribution in [0.15, 0.2) is 35.3 Å². The molecule has 0 spiro atoms. The molecule has 3 amide bonds. The lowest BCUT2D eigenvalue weighted by Crippen LogP contribution is -2.55. The molecule has 2 aliphatic rings. The highest BCUT2D eigenvalue weighted by Crippen LogP contribution is 2.45. The van der Waals surface area contributed by atoms with Crippen LogP contribution in [0.3, 0.4) is 0 Å². The second-order valence-electron chi connectivity index (χ2n) is 14.6. The Labute approximate surface area is 290 Å². The molecule has 262 valence electrons. The molecule has 3 N–H and O–H groups in total. The van der Waals surface area contributed by atoms with Gasteiger partial charge in [-0.25, -0.2) is 9.78 Å². The second-order valence-corrected chi connectivity index (χ2v) is 15.4. The molecule has 1 aromatic carbocycles. The monoisotopic (exact) mass is 730 g/mol. The number of amides is 3. The predicted molar refractivity (Wildman–Crippen MR) is 184 cm³/mol. The number of hydrogen-bond acceptors (Lipinski definition) is 8. The number of benzene rings is 1. The molecule has 4 rings (SSSR count). The first kappa shape index (κ1) is 37.0. The molecule has 48 heavy (non-hydrogen) atoms. The molecule has 1 aromatic heterocycles. The lowest BCUT2D eigenvalue weighted by Gasteiger charge is -2.35. The summed E-state index contributed by atoms with van der Waals surface area (Å²) in [6.45, 7) is 17.2. The Morgan fingerprint density at radius 2 is 1.88 bits per heavy atom. The number of methoxy groups -OCH3 is 1. The molecule has 0 radical (unpaired) electrons. The zero-order chi connectivity index (χ0) is 35.8. The zero-order valence-electron chi connectivity index (χ0n) is 28.9. The van der Waals surface area contributed by atoms with Gasteiger partial charge in [-0.3, -0.25) is 14.4 Å². The summed E-state index contributed by atoms with van der Waals surface area (Å²) in [4.78, 5) is 59.8. The molecule has 0 bridgehead atoms. The number of likely N-dealkylation sites (tertiary alicyclic amines) is 1. The maximum absolute atomic E-state index is 14.4. The topological polar surface area (TPSA) is 156 Å². The highest BCUT2D eigenvalue weighted by Gasteiger charge is 2.61. The van der Waals surface area contributed by atoms with Gasteiger partial charge < -0.3 is 34.9 Å². The molecule has 1 aliphatic heterocycles. The van der Waals surface area contributed by atoms with Gasteiger partial charge in [0.15, 0.2) is 0 Å². The van der Waals surface area contributed by atoms with Gasteiger partial charge in [-0.2, -0.15) is 0 Å². The smallest absolute Gasteiger partial charge is 0.330 e. The van der Waals surface area contributed by atoms with Crippen LogP contribution >= 0.6 is 15.9 Å². The average molecular weight is 732 g/mol. The number of carboxylic acids is 1. The fourth-order valence-corrected chi connectivity index (χ4v) is 6.75. The van der Waals surface area contributed by atoms with Gasteiger partial charge in [-0.1, -0.05) is 26.8 Å². The molecular formula is C35H47BrN4O8. The Morgan fingerprint density at radius 1 is 1.19 bits per heavy atom. The fourth-order valence-electron chi connectivity index (χ4n) is 6.16. The van der Waals surface area contributed by atoms with Gasteiger partial charge in [0.25, 0.3) is 0 Å². The van der Waals surface area contributed by atoms with Crippen molar-refractivity contribution < 1.29 is 38.5 Å². The van der Waals surface area contributed by atoms with Crippen LogP contribution in [0.5, 0.6) is 17.4 Å². The summed E-state index contributed by atoms with van der Waals surface area (Å²) in [5, 5.41) is 16.3. The molecule has 1 aliphatic carbocycles. The number of hydrogen-bond donors (Lipinski definition) is 3. The Hall–Kier alpha value is -3.87. The number of halogens is 1. The van der Waals surface area contributed by atoms with E-state index in [9.17, 15) is 24.3 Å². The number of aliphatic carboxylic acids is 1. The van der Waals surface area contributed by atoms with Crippen LogP contribution in [0, 0.1) is 17.3 Å². The largest absolute Gasteiger partial charge is 0.495 e. The molecule has 5 atom stereocenters. The Morgan fingerprint density at radius 3 is 2.42 bits per heavy atom. The summed E-state index contributed by atoms with van der Waals surface area (Å²) in [5.74, 6) is -2.34. The van der Waals surface area contributed by atoms with Crippen LogP contribution in [-0.2, 0) is 19.2 Å². The van der Waals surface area contributed by atoms with Crippen molar-refractivity contribution in [1.82, 2.24) is 20.5 Å². The van der Waals surface area contributed by atoms with Gasteiger partial charge in [0.2, 0.25) is 23.6 Å². The van der Waals surface area contributed by atoms with E-state index in [0.29, 0.717) is 39.4 Å². The minimum absolute atomic E-state index is 0.0282. The minimum Gasteiger partial charge on any atom is -0.495 e. The average Bonchev–Trinajstić information content (AvgIpc) is 3.54. The van der Waals surface area contributed by atoms with E-state index in [0.717, 1.165) is 0 Å². The molecule has 12 nitrogen and oxygen atoms in total. The van der Waals surface area contributed by atoms with E-state index >= 15 is 0 Å². The molecule has 1 saturated carbocycles. The number of fused-ring (bicyclic) bond motifs is 1. The Balaban J connectivity index is 1.71. The number of nitrogens with one attached hydrogen (secondary N) is 2. The summed E-state index contributed by atoms with van der Waals surface area (Å²) in [7, 11) is 1.55. The van der Waals surface area contributed by atoms with Gasteiger partial charge in [0, 0.05) is 35.8 Å². The molecular weight excluding hydrogens is 684 g/mol. The predicted octanol–water partition coefficient (Wildman–Crippen LogP) is 4.87. The van der Waals surface area contributed by atoms with Crippen LogP contribution in [0.2, 0.25) is 0 Å². The summed E-state index contributed by atoms with van der Waals surface area (Å²) in [6.07, 6.45) is 1.05. The van der Waals surface area contributed by atoms with E-state index in [4.69, 9.17) is 14.2 Å². The number of carbonyl (C=O) groups is 4. The maximum atomic E-state index is 14.4. The number of carbonyl (C=O) groups excluding carboxylic acids is 3. The Bertz CT molecular complexity index is 1600. The van der Waals surface area contributed by atoms with Crippen molar-refractivity contribution in [2.75, 3.05) is 20.3 Å². The SMILES string of the molecule is C=C[C@@H]1C[C@]1(NC(=O)[C@@H]1C[C@@H](Oc2cc(OCC)nc3c(Br)c(OC)ccc23)CN1C(=O)[C@@H](CC(=O)NC(C)(C)C)C(C)(C)C)C(=O)O. The molecule has 1 saturated heterocycles. The third-order valence-corrected chi connectivity index (χ3v) is 9.52. The lowest BCUT2D eigenvalue weighted by molar-refractivity contribution is -0.148. The van der Waals surface area contributed by atoms with Crippen LogP contribution in [0.4, 0.5) is 0 Å². The first-order valence-corrected chi connectivity index (χ1v) is 16.9. The van der Waals surface area contributed by atoms with Crippen LogP contribution in [0.1, 0.15) is 67.7 Å². The Kier molecular flexibility index (Phi) is 10.7. The molecule has 2 aromatic rings. The van der Waals surface area contributed by atoms with Crippen LogP contribution in [0.25, 0.3) is 10.9 Å². The number of carboxylic acid groups (broad SMARTS) is 1. The molecule has 2 fully saturated rings. The number of rotatable bonds is 12. The van der Waals surface area contributed by atoms with E-state index in [1.165, 1.54) is 11.0 Å². The number of nitrogens with zero attached hydrogens (tertiary/aromatic N) is 2. The molecule has 2 heterocycles. The highest BCUT2D eigenvalue weighted by atomic mass is 79.9. The van der Waals surface area contributed by atoms with Gasteiger partial charge in [-0.15, -0.1) is 6.58 Å². The van der Waals surface area contributed by atoms with Crippen LogP contribution in [-0.4, -0.2) is 82.2 Å². The molecule has 13 heteroatoms. The van der Waals surface area contributed by atoms with Crippen molar-refractivity contribution in [3.8, 4) is 17.4 Å². The summed E-state index contributed by atoms with van der Waals surface area (Å²) in [6, 6.07) is 4.20. The van der Waals surface area contributed by atoms with E-state index in [1.54, 1.807) is 19.2 Å². The normalized spacial score (nSPS) is 22.9. The minimum atomic E-state index is -1.48. The maximum Gasteiger partial charge on any atom is 0.330 e. The van der Waals surface area contributed by atoms with Crippen molar-refractivity contribution in [3.05, 3.63) is 35.3 Å². The van der Waals surface area contributed by atoms with Crippen molar-refractivity contribution in [1.29, 1.82) is 0 Å². The van der Waals surface area contributed by atoms with Crippen molar-refractivity contribution in [2.45, 2.75) is 91.0 Å². The van der Waals surface area contributed by atoms with Gasteiger partial charge in [-0.05, 0) is 67.6 Å². The van der Waals surface area contributed by atoms with Gasteiger partial charge in [0.05, 0.1) is 36.2 Å². The number of pyridine rings is 1. The van der Waals surface area contributed by atoms with Crippen LogP contribution < -0.4 is 24.8 Å². The quantitative estimate of drug-likeness (QED) is 0.260. The standard InChI is InChI=1S/C35H47BrN4O8/c1-10-19-17-35(19,32(44)45)39-30(42)23-14-20(18-40(23)31(43)22(33(3,4)5)15-26(41)38-34(6,7)8)48-25-16-27(47-11-2)37-29-21(25)12-13-24(46-9)28(29)36/h10,12-13,16,19-20,22-23H,1,11,14-15,17-18H2,2-9H3,(H,38,41)(H,39,42)(H,44,45)/t19-,20-,22-,23+,35-/m1/s1. The summed E-state index contributed by atoms with van der Waals surface area (Å²) in [5.41, 5.74) is -2.08. The summed E-state index contributed by atoms with van der Waals surface area (Å²) < 4.78 is 18.3. The first-order valence-electron chi connectivity index (χ1n) is 16.1. The van der Waals surface area contributed by atoms with E-state index in [1.807, 2.05) is 54.5 Å². The number of aromatic nitrogens is 1. The summed E-state index contributed by atoms with van der Waals surface area (Å²) >= 11 is 3.57. The van der Waals surface area contributed by atoms with E-state index < -0.39 is 52.4 Å². The third kappa shape index (κ3) is 7.88. The zero-order valence-corrected chi connectivity index (χ0v) is 30.5. The highest BCUT2D eigenvalue weighted by molar-refractivity contribution is 9.10. The van der Waals surface area contributed by atoms with E-state index in [-0.39, 0.29) is 37.6 Å². The van der Waals surface area contributed by atoms with Gasteiger partial charge >= 0.3 is 5.97 Å². The van der Waals surface area contributed by atoms with E-state index in [2.05, 4.69) is 38.1 Å². The van der Waals surface area contributed by atoms with Crippen molar-refractivity contribution in [3.63, 3.8) is 0 Å². The molecule has 0 unspecified atom stereocenters. The second kappa shape index (κ2) is 13.9. The number of ether oxygens (including phenoxy) is 3. The van der Waals surface area contributed by atoms with Crippen molar-refractivity contribution in [2.24, 2.45) is 17.3 Å². The van der Waals surface area contributed by atoms with Gasteiger partial charge in [0.1, 0.15) is 29.2 Å². The fraction of sp³-hybridized carbons (Fsp3) is 0.571. The third-order valence-electron chi connectivity index (χ3n) is 8.75. The lowest BCUT2D eigenvalue weighted by atomic mass is 9.77.